The van der Waals surface area contributed by atoms with Crippen LogP contribution >= 0.6 is 0 Å². The second-order valence-electron chi connectivity index (χ2n) is 17.6. The highest BCUT2D eigenvalue weighted by atomic mass is 15.2. The molecule has 0 unspecified atom stereocenters. The third-order valence-corrected chi connectivity index (χ3v) is 13.7. The molecule has 10 aromatic carbocycles. The van der Waals surface area contributed by atoms with Gasteiger partial charge in [0.15, 0.2) is 11.6 Å². The third-order valence-electron chi connectivity index (χ3n) is 13.7. The maximum absolute atomic E-state index is 5.55. The molecule has 14 aromatic rings. The van der Waals surface area contributed by atoms with E-state index in [1.165, 1.54) is 43.8 Å². The van der Waals surface area contributed by atoms with Crippen molar-refractivity contribution >= 4 is 65.4 Å². The molecular weight excluding hydrogens is 841 g/mol. The monoisotopic (exact) mass is 880 g/mol. The molecule has 0 aliphatic carbocycles. The lowest BCUT2D eigenvalue weighted by atomic mass is 10.0. The SMILES string of the molecule is c1ccc(-c2ccc3c(c2)c2ccccc2n3-c2ccccc2-c2nc(-c3ccccc3-n3c4ccccc4c4cc(-c5ccccc5)ccc43)nc(-n3c4ccccc4c4ccccc43)n2)cc1. The van der Waals surface area contributed by atoms with Gasteiger partial charge in [0.1, 0.15) is 0 Å². The third kappa shape index (κ3) is 6.16. The van der Waals surface area contributed by atoms with E-state index in [1.807, 2.05) is 0 Å². The molecule has 4 aromatic heterocycles. The van der Waals surface area contributed by atoms with E-state index >= 15 is 0 Å². The van der Waals surface area contributed by atoms with Crippen molar-refractivity contribution in [2.75, 3.05) is 0 Å². The molecule has 6 heteroatoms. The van der Waals surface area contributed by atoms with E-state index < -0.39 is 0 Å². The highest BCUT2D eigenvalue weighted by molar-refractivity contribution is 6.13. The maximum Gasteiger partial charge on any atom is 0.238 e. The lowest BCUT2D eigenvalue weighted by Crippen LogP contribution is -2.09. The average Bonchev–Trinajstić information content (AvgIpc) is 4.06. The zero-order valence-corrected chi connectivity index (χ0v) is 37.3. The zero-order chi connectivity index (χ0) is 45.4. The molecule has 0 aliphatic rings. The standard InChI is InChI=1S/C63H40N6/c1-3-19-41(20-4-1)43-35-37-59-51(39-43)47-25-9-13-29-53(47)67(59)57-33-17-11-27-49(57)61-64-62(66-63(65-61)69-55-31-15-7-23-45(55)46-24-8-16-32-56(46)69)50-28-12-18-34-58(50)68-54-30-14-10-26-48(54)52-40-44(36-38-60(52)68)42-21-5-2-6-22-42/h1-40H. The molecule has 0 radical (unpaired) electrons. The Bertz CT molecular complexity index is 4040. The Hall–Kier alpha value is -9.39. The Morgan fingerprint density at radius 2 is 0.565 bits per heavy atom. The van der Waals surface area contributed by atoms with Crippen molar-refractivity contribution in [3.05, 3.63) is 243 Å². The topological polar surface area (TPSA) is 53.5 Å². The molecule has 14 rings (SSSR count). The van der Waals surface area contributed by atoms with Gasteiger partial charge in [-0.15, -0.1) is 0 Å². The first-order valence-corrected chi connectivity index (χ1v) is 23.4. The molecule has 69 heavy (non-hydrogen) atoms. The van der Waals surface area contributed by atoms with Gasteiger partial charge in [0, 0.05) is 43.4 Å². The molecule has 4 heterocycles. The van der Waals surface area contributed by atoms with Crippen LogP contribution in [-0.4, -0.2) is 28.7 Å². The van der Waals surface area contributed by atoms with E-state index in [0.717, 1.165) is 66.4 Å². The predicted molar refractivity (Wildman–Crippen MR) is 285 cm³/mol. The van der Waals surface area contributed by atoms with Crippen molar-refractivity contribution < 1.29 is 0 Å². The average molecular weight is 881 g/mol. The first-order valence-electron chi connectivity index (χ1n) is 23.4. The Morgan fingerprint density at radius 1 is 0.232 bits per heavy atom. The number of benzene rings is 10. The molecule has 0 saturated heterocycles. The van der Waals surface area contributed by atoms with Gasteiger partial charge in [-0.25, -0.2) is 4.98 Å². The van der Waals surface area contributed by atoms with Crippen LogP contribution in [0.2, 0.25) is 0 Å². The molecule has 0 atom stereocenters. The number of hydrogen-bond acceptors (Lipinski definition) is 3. The van der Waals surface area contributed by atoms with Crippen LogP contribution in [0.25, 0.3) is 128 Å². The number of fused-ring (bicyclic) bond motifs is 9. The second kappa shape index (κ2) is 15.6. The van der Waals surface area contributed by atoms with Crippen LogP contribution in [0.4, 0.5) is 0 Å². The summed E-state index contributed by atoms with van der Waals surface area (Å²) in [6.45, 7) is 0. The van der Waals surface area contributed by atoms with Gasteiger partial charge in [0.2, 0.25) is 5.95 Å². The number of nitrogens with zero attached hydrogens (tertiary/aromatic N) is 6. The van der Waals surface area contributed by atoms with Gasteiger partial charge in [-0.1, -0.05) is 170 Å². The van der Waals surface area contributed by atoms with E-state index in [1.54, 1.807) is 0 Å². The summed E-state index contributed by atoms with van der Waals surface area (Å²) in [7, 11) is 0. The molecule has 0 N–H and O–H groups in total. The zero-order valence-electron chi connectivity index (χ0n) is 37.3. The van der Waals surface area contributed by atoms with Crippen LogP contribution in [0.3, 0.4) is 0 Å². The number of hydrogen-bond donors (Lipinski definition) is 0. The first-order chi connectivity index (χ1) is 34.2. The normalized spacial score (nSPS) is 11.8. The Kier molecular flexibility index (Phi) is 8.79. The van der Waals surface area contributed by atoms with Gasteiger partial charge in [-0.05, 0) is 95.1 Å². The fourth-order valence-electron chi connectivity index (χ4n) is 10.6. The fourth-order valence-corrected chi connectivity index (χ4v) is 10.6. The molecule has 0 spiro atoms. The van der Waals surface area contributed by atoms with Crippen LogP contribution in [0, 0.1) is 0 Å². The molecule has 0 aliphatic heterocycles. The summed E-state index contributed by atoms with van der Waals surface area (Å²) in [4.78, 5) is 16.6. The van der Waals surface area contributed by atoms with Crippen LogP contribution < -0.4 is 0 Å². The predicted octanol–water partition coefficient (Wildman–Crippen LogP) is 15.8. The first kappa shape index (κ1) is 38.8. The Morgan fingerprint density at radius 3 is 1.00 bits per heavy atom. The summed E-state index contributed by atoms with van der Waals surface area (Å²) in [6, 6.07) is 86.2. The lowest BCUT2D eigenvalue weighted by Gasteiger charge is -2.17. The minimum absolute atomic E-state index is 0.543. The van der Waals surface area contributed by atoms with Gasteiger partial charge in [0.05, 0.1) is 44.5 Å². The smallest absolute Gasteiger partial charge is 0.238 e. The maximum atomic E-state index is 5.55. The van der Waals surface area contributed by atoms with E-state index in [2.05, 4.69) is 256 Å². The fraction of sp³-hybridized carbons (Fsp3) is 0. The van der Waals surface area contributed by atoms with E-state index in [9.17, 15) is 0 Å². The van der Waals surface area contributed by atoms with Gasteiger partial charge in [-0.2, -0.15) is 9.97 Å². The van der Waals surface area contributed by atoms with Gasteiger partial charge in [0.25, 0.3) is 0 Å². The Labute approximate surface area is 397 Å². The van der Waals surface area contributed by atoms with Crippen molar-refractivity contribution in [2.45, 2.75) is 0 Å². The van der Waals surface area contributed by atoms with Crippen LogP contribution in [-0.2, 0) is 0 Å². The summed E-state index contributed by atoms with van der Waals surface area (Å²) >= 11 is 0. The van der Waals surface area contributed by atoms with Crippen molar-refractivity contribution in [1.82, 2.24) is 28.7 Å². The highest BCUT2D eigenvalue weighted by Gasteiger charge is 2.24. The number of rotatable bonds is 7. The molecular formula is C63H40N6. The molecule has 0 amide bonds. The van der Waals surface area contributed by atoms with Crippen LogP contribution in [0.15, 0.2) is 243 Å². The second-order valence-corrected chi connectivity index (χ2v) is 17.6. The van der Waals surface area contributed by atoms with Gasteiger partial charge in [-0.3, -0.25) is 4.57 Å². The lowest BCUT2D eigenvalue weighted by molar-refractivity contribution is 0.950. The summed E-state index contributed by atoms with van der Waals surface area (Å²) in [6.07, 6.45) is 0. The highest BCUT2D eigenvalue weighted by Crippen LogP contribution is 2.41. The van der Waals surface area contributed by atoms with E-state index in [-0.39, 0.29) is 0 Å². The van der Waals surface area contributed by atoms with Crippen LogP contribution in [0.5, 0.6) is 0 Å². The molecule has 0 bridgehead atoms. The minimum atomic E-state index is 0.543. The Balaban J connectivity index is 1.03. The molecule has 322 valence electrons. The molecule has 6 nitrogen and oxygen atoms in total. The molecule has 0 fully saturated rings. The summed E-state index contributed by atoms with van der Waals surface area (Å²) < 4.78 is 6.93. The molecule has 0 saturated carbocycles. The minimum Gasteiger partial charge on any atom is -0.309 e. The van der Waals surface area contributed by atoms with Crippen molar-refractivity contribution in [2.24, 2.45) is 0 Å². The van der Waals surface area contributed by atoms with E-state index in [0.29, 0.717) is 17.6 Å². The van der Waals surface area contributed by atoms with Crippen molar-refractivity contribution in [3.63, 3.8) is 0 Å². The van der Waals surface area contributed by atoms with Gasteiger partial charge < -0.3 is 9.13 Å². The summed E-state index contributed by atoms with van der Waals surface area (Å²) in [5.74, 6) is 1.69. The van der Waals surface area contributed by atoms with E-state index in [4.69, 9.17) is 15.0 Å². The number of aromatic nitrogens is 6. The van der Waals surface area contributed by atoms with Crippen molar-refractivity contribution in [3.8, 4) is 62.4 Å². The quantitative estimate of drug-likeness (QED) is 0.160. The summed E-state index contributed by atoms with van der Waals surface area (Å²) in [5, 5.41) is 6.99. The van der Waals surface area contributed by atoms with Crippen molar-refractivity contribution in [1.29, 1.82) is 0 Å². The number of para-hydroxylation sites is 6. The largest absolute Gasteiger partial charge is 0.309 e. The van der Waals surface area contributed by atoms with Gasteiger partial charge >= 0.3 is 0 Å². The summed E-state index contributed by atoms with van der Waals surface area (Å²) in [5.41, 5.74) is 14.9. The van der Waals surface area contributed by atoms with Crippen LogP contribution in [0.1, 0.15) is 0 Å².